The first-order valence-corrected chi connectivity index (χ1v) is 8.67. The van der Waals surface area contributed by atoms with Crippen LogP contribution >= 0.6 is 0 Å². The van der Waals surface area contributed by atoms with Crippen LogP contribution in [-0.2, 0) is 0 Å². The molecule has 6 nitrogen and oxygen atoms in total. The van der Waals surface area contributed by atoms with Crippen molar-refractivity contribution in [2.24, 2.45) is 5.10 Å². The molecule has 0 N–H and O–H groups in total. The molecule has 134 valence electrons. The van der Waals surface area contributed by atoms with E-state index in [1.54, 1.807) is 10.9 Å². The Labute approximate surface area is 156 Å². The summed E-state index contributed by atoms with van der Waals surface area (Å²) in [6, 6.07) is 13.8. The molecular formula is C21H19N5O. The molecule has 0 radical (unpaired) electrons. The number of fused-ring (bicyclic) bond motifs is 1. The minimum Gasteiger partial charge on any atom is -0.266 e. The number of rotatable bonds is 3. The fourth-order valence-corrected chi connectivity index (χ4v) is 2.99. The number of aryl methyl sites for hydroxylation is 3. The smallest absolute Gasteiger partial charge is 0.266 e. The van der Waals surface area contributed by atoms with Gasteiger partial charge in [-0.25, -0.2) is 9.67 Å². The van der Waals surface area contributed by atoms with Gasteiger partial charge in [0.1, 0.15) is 11.7 Å². The molecule has 6 heteroatoms. The van der Waals surface area contributed by atoms with Crippen molar-refractivity contribution in [2.75, 3.05) is 0 Å². The van der Waals surface area contributed by atoms with E-state index in [0.717, 1.165) is 16.8 Å². The lowest BCUT2D eigenvalue weighted by atomic mass is 10.0. The molecule has 2 aromatic carbocycles. The predicted molar refractivity (Wildman–Crippen MR) is 107 cm³/mol. The Hall–Kier alpha value is -3.54. The number of para-hydroxylation sites is 1. The molecule has 4 aromatic rings. The van der Waals surface area contributed by atoms with E-state index in [1.807, 2.05) is 37.3 Å². The zero-order chi connectivity index (χ0) is 19.0. The van der Waals surface area contributed by atoms with Gasteiger partial charge in [-0.1, -0.05) is 24.3 Å². The summed E-state index contributed by atoms with van der Waals surface area (Å²) >= 11 is 0. The van der Waals surface area contributed by atoms with E-state index in [1.165, 1.54) is 28.3 Å². The summed E-state index contributed by atoms with van der Waals surface area (Å²) in [7, 11) is 0. The molecule has 0 unspecified atom stereocenters. The van der Waals surface area contributed by atoms with Crippen LogP contribution in [-0.4, -0.2) is 25.7 Å². The van der Waals surface area contributed by atoms with Crippen LogP contribution < -0.4 is 5.56 Å². The maximum Gasteiger partial charge on any atom is 0.285 e. The lowest BCUT2D eigenvalue weighted by Crippen LogP contribution is -2.17. The normalized spacial score (nSPS) is 11.5. The standard InChI is InChI=1S/C21H19N5O/c1-14-9-16(3)17(10-15(14)2)11-23-25-13-22-20-19(21(25)27)12-24-26(20)18-7-5-4-6-8-18/h4-13H,1-3H3/b23-11-. The van der Waals surface area contributed by atoms with E-state index < -0.39 is 0 Å². The summed E-state index contributed by atoms with van der Waals surface area (Å²) in [6.45, 7) is 6.17. The second kappa shape index (κ2) is 6.64. The van der Waals surface area contributed by atoms with E-state index in [-0.39, 0.29) is 5.56 Å². The third kappa shape index (κ3) is 3.06. The van der Waals surface area contributed by atoms with Crippen LogP contribution in [0.4, 0.5) is 0 Å². The molecule has 0 aliphatic carbocycles. The highest BCUT2D eigenvalue weighted by Gasteiger charge is 2.11. The van der Waals surface area contributed by atoms with Gasteiger partial charge in [-0.2, -0.15) is 14.9 Å². The lowest BCUT2D eigenvalue weighted by molar-refractivity contribution is 0.809. The molecule has 0 bridgehead atoms. The minimum atomic E-state index is -0.250. The lowest BCUT2D eigenvalue weighted by Gasteiger charge is -2.06. The van der Waals surface area contributed by atoms with Crippen LogP contribution in [0.1, 0.15) is 22.3 Å². The van der Waals surface area contributed by atoms with Gasteiger partial charge in [0.15, 0.2) is 5.65 Å². The fraction of sp³-hybridized carbons (Fsp3) is 0.143. The highest BCUT2D eigenvalue weighted by Crippen LogP contribution is 2.14. The maximum absolute atomic E-state index is 12.8. The molecule has 2 aromatic heterocycles. The largest absolute Gasteiger partial charge is 0.285 e. The zero-order valence-electron chi connectivity index (χ0n) is 15.4. The maximum atomic E-state index is 12.8. The average Bonchev–Trinajstić information content (AvgIpc) is 3.10. The van der Waals surface area contributed by atoms with Crippen LogP contribution in [0.15, 0.2) is 64.9 Å². The Kier molecular flexibility index (Phi) is 4.16. The molecule has 4 rings (SSSR count). The van der Waals surface area contributed by atoms with Crippen molar-refractivity contribution < 1.29 is 0 Å². The first kappa shape index (κ1) is 16.9. The second-order valence-electron chi connectivity index (χ2n) is 6.56. The van der Waals surface area contributed by atoms with Gasteiger partial charge in [-0.3, -0.25) is 4.79 Å². The van der Waals surface area contributed by atoms with Crippen molar-refractivity contribution in [2.45, 2.75) is 20.8 Å². The topological polar surface area (TPSA) is 65.1 Å². The highest BCUT2D eigenvalue weighted by molar-refractivity contribution is 5.82. The average molecular weight is 357 g/mol. The van der Waals surface area contributed by atoms with Crippen LogP contribution in [0.25, 0.3) is 16.7 Å². The minimum absolute atomic E-state index is 0.250. The molecule has 27 heavy (non-hydrogen) atoms. The van der Waals surface area contributed by atoms with Gasteiger partial charge in [0.25, 0.3) is 5.56 Å². The summed E-state index contributed by atoms with van der Waals surface area (Å²) in [6.07, 6.45) is 4.65. The molecule has 0 atom stereocenters. The Balaban J connectivity index is 1.75. The molecule has 0 fully saturated rings. The van der Waals surface area contributed by atoms with Crippen LogP contribution in [0, 0.1) is 20.8 Å². The molecule has 0 aliphatic rings. The van der Waals surface area contributed by atoms with Crippen molar-refractivity contribution in [3.05, 3.63) is 87.6 Å². The predicted octanol–water partition coefficient (Wildman–Crippen LogP) is 3.39. The Morgan fingerprint density at radius 1 is 1.00 bits per heavy atom. The van der Waals surface area contributed by atoms with E-state index in [2.05, 4.69) is 41.2 Å². The van der Waals surface area contributed by atoms with Gasteiger partial charge in [-0.15, -0.1) is 0 Å². The summed E-state index contributed by atoms with van der Waals surface area (Å²) in [5.74, 6) is 0. The summed E-state index contributed by atoms with van der Waals surface area (Å²) < 4.78 is 2.90. The van der Waals surface area contributed by atoms with Gasteiger partial charge in [0.05, 0.1) is 18.1 Å². The van der Waals surface area contributed by atoms with Gasteiger partial charge in [-0.05, 0) is 61.2 Å². The quantitative estimate of drug-likeness (QED) is 0.528. The third-order valence-electron chi connectivity index (χ3n) is 4.68. The Bertz CT molecular complexity index is 1220. The molecule has 0 spiro atoms. The van der Waals surface area contributed by atoms with Crippen LogP contribution in [0.3, 0.4) is 0 Å². The summed E-state index contributed by atoms with van der Waals surface area (Å²) in [4.78, 5) is 17.2. The summed E-state index contributed by atoms with van der Waals surface area (Å²) in [5, 5.41) is 9.06. The van der Waals surface area contributed by atoms with Crippen LogP contribution in [0.2, 0.25) is 0 Å². The SMILES string of the molecule is Cc1cc(C)c(/C=N\n2cnc3c(cnn3-c3ccccc3)c2=O)cc1C. The van der Waals surface area contributed by atoms with E-state index >= 15 is 0 Å². The van der Waals surface area contributed by atoms with Crippen molar-refractivity contribution >= 4 is 17.2 Å². The highest BCUT2D eigenvalue weighted by atomic mass is 16.1. The van der Waals surface area contributed by atoms with Gasteiger partial charge < -0.3 is 0 Å². The second-order valence-corrected chi connectivity index (χ2v) is 6.56. The molecular weight excluding hydrogens is 338 g/mol. The molecule has 0 saturated carbocycles. The monoisotopic (exact) mass is 357 g/mol. The van der Waals surface area contributed by atoms with Crippen molar-refractivity contribution in [1.29, 1.82) is 0 Å². The van der Waals surface area contributed by atoms with E-state index in [9.17, 15) is 4.79 Å². The first-order valence-electron chi connectivity index (χ1n) is 8.67. The summed E-state index contributed by atoms with van der Waals surface area (Å²) in [5.41, 5.74) is 5.63. The Morgan fingerprint density at radius 3 is 2.52 bits per heavy atom. The fourth-order valence-electron chi connectivity index (χ4n) is 2.99. The number of aromatic nitrogens is 4. The molecule has 0 aliphatic heterocycles. The van der Waals surface area contributed by atoms with Crippen LogP contribution in [0.5, 0.6) is 0 Å². The Morgan fingerprint density at radius 2 is 1.74 bits per heavy atom. The van der Waals surface area contributed by atoms with E-state index in [4.69, 9.17) is 0 Å². The van der Waals surface area contributed by atoms with Crippen molar-refractivity contribution in [3.8, 4) is 5.69 Å². The van der Waals surface area contributed by atoms with Crippen molar-refractivity contribution in [3.63, 3.8) is 0 Å². The van der Waals surface area contributed by atoms with Gasteiger partial charge in [0.2, 0.25) is 0 Å². The number of nitrogens with zero attached hydrogens (tertiary/aromatic N) is 5. The molecule has 0 saturated heterocycles. The molecule has 2 heterocycles. The van der Waals surface area contributed by atoms with Gasteiger partial charge in [0, 0.05) is 0 Å². The third-order valence-corrected chi connectivity index (χ3v) is 4.68. The number of hydrogen-bond acceptors (Lipinski definition) is 4. The zero-order valence-corrected chi connectivity index (χ0v) is 15.4. The van der Waals surface area contributed by atoms with Gasteiger partial charge >= 0.3 is 0 Å². The number of benzene rings is 2. The van der Waals surface area contributed by atoms with Crippen molar-refractivity contribution in [1.82, 2.24) is 19.4 Å². The first-order chi connectivity index (χ1) is 13.0. The van der Waals surface area contributed by atoms with E-state index in [0.29, 0.717) is 11.0 Å². The number of hydrogen-bond donors (Lipinski definition) is 0. The molecule has 0 amide bonds.